The van der Waals surface area contributed by atoms with Gasteiger partial charge in [-0.25, -0.2) is 0 Å². The highest BCUT2D eigenvalue weighted by atomic mass is 14.2. The van der Waals surface area contributed by atoms with Gasteiger partial charge in [-0.3, -0.25) is 0 Å². The molecule has 2 nitrogen and oxygen atoms in total. The fourth-order valence-corrected chi connectivity index (χ4v) is 1.21. The first-order valence-corrected chi connectivity index (χ1v) is 6.36. The monoisotopic (exact) mass is 204 g/mol. The minimum absolute atomic E-state index is 1.37. The molecule has 0 atom stereocenters. The lowest BCUT2D eigenvalue weighted by Gasteiger charge is -1.88. The van der Waals surface area contributed by atoms with Gasteiger partial charge in [0.15, 0.2) is 0 Å². The first-order chi connectivity index (χ1) is 7.74. The molecule has 0 saturated heterocycles. The van der Waals surface area contributed by atoms with Crippen molar-refractivity contribution in [2.45, 2.75) is 13.8 Å². The molecule has 12 heteroatoms. The summed E-state index contributed by atoms with van der Waals surface area (Å²) in [6, 6.07) is 3.50. The Balaban J connectivity index is -0.000000235. The first-order valence-electron chi connectivity index (χ1n) is 6.36. The zero-order valence-electron chi connectivity index (χ0n) is 11.6. The van der Waals surface area contributed by atoms with Gasteiger partial charge in [0.25, 0.3) is 0 Å². The second-order valence-electron chi connectivity index (χ2n) is 3.57. The smallest absolute Gasteiger partial charge is 0.0597 e. The van der Waals surface area contributed by atoms with E-state index in [9.17, 15) is 0 Å². The van der Waals surface area contributed by atoms with Crippen molar-refractivity contribution in [3.8, 4) is 12.1 Å². The second kappa shape index (κ2) is 29.3. The molecule has 0 aliphatic heterocycles. The van der Waals surface area contributed by atoms with Crippen LogP contribution in [0.4, 0.5) is 0 Å². The van der Waals surface area contributed by atoms with Crippen molar-refractivity contribution in [2.75, 3.05) is 0 Å². The number of rotatable bonds is 7. The Morgan fingerprint density at radius 3 is 1.06 bits per heavy atom. The highest BCUT2D eigenvalue weighted by Crippen LogP contribution is 1.54. The van der Waals surface area contributed by atoms with E-state index in [2.05, 4.69) is 15.5 Å². The summed E-state index contributed by atoms with van der Waals surface area (Å²) in [6.07, 6.45) is 0. The van der Waals surface area contributed by atoms with Gasteiger partial charge in [0.05, 0.1) is 27.6 Å². The van der Waals surface area contributed by atoms with E-state index in [1.54, 1.807) is 12.1 Å². The molecule has 0 radical (unpaired) electrons. The molecule has 0 spiro atoms. The summed E-state index contributed by atoms with van der Waals surface area (Å²) in [5, 5.41) is 14.6. The lowest BCUT2D eigenvalue weighted by Crippen LogP contribution is -2.30. The van der Waals surface area contributed by atoms with Crippen LogP contribution in [0.3, 0.4) is 0 Å². The van der Waals surface area contributed by atoms with E-state index in [1.165, 1.54) is 70.3 Å². The van der Waals surface area contributed by atoms with Crippen LogP contribution in [0, 0.1) is 22.7 Å². The molecule has 74 valence electrons. The van der Waals surface area contributed by atoms with Crippen LogP contribution in [-0.2, 0) is 0 Å². The maximum Gasteiger partial charge on any atom is 0.0597 e. The molecule has 0 aromatic carbocycles. The molecule has 0 saturated carbocycles. The molecule has 0 bridgehead atoms. The Labute approximate surface area is 109 Å². The summed E-state index contributed by atoms with van der Waals surface area (Å²) in [4.78, 5) is 0. The van der Waals surface area contributed by atoms with Crippen LogP contribution in [0.5, 0.6) is 0 Å². The lowest BCUT2D eigenvalue weighted by atomic mass is 8.89. The van der Waals surface area contributed by atoms with E-state index >= 15 is 0 Å². The summed E-state index contributed by atoms with van der Waals surface area (Å²) in [7, 11) is 16.0. The largest absolute Gasteiger partial charge is 0.199 e. The molecule has 0 amide bonds. The van der Waals surface area contributed by atoms with Gasteiger partial charge in [-0.1, -0.05) is 0 Å². The standard InChI is InChI=1S/2C2H3N.B10H12/c2*1-2-3;1-3-5-7-9-10-8-6-4-2/h2*1H3;3-10H,1-2H2. The van der Waals surface area contributed by atoms with Crippen LogP contribution in [0.25, 0.3) is 0 Å². The van der Waals surface area contributed by atoms with Gasteiger partial charge in [0.2, 0.25) is 0 Å². The molecular formula is C4H18B10N2. The van der Waals surface area contributed by atoms with Gasteiger partial charge >= 0.3 is 0 Å². The minimum Gasteiger partial charge on any atom is -0.199 e. The van der Waals surface area contributed by atoms with Crippen LogP contribution in [0.15, 0.2) is 0 Å². The average molecular weight is 202 g/mol. The lowest BCUT2D eigenvalue weighted by molar-refractivity contribution is 1.49. The number of nitrogens with zero attached hydrogens (tertiary/aromatic N) is 2. The van der Waals surface area contributed by atoms with E-state index in [1.807, 2.05) is 0 Å². The molecule has 0 unspecified atom stereocenters. The van der Waals surface area contributed by atoms with Crippen molar-refractivity contribution in [2.24, 2.45) is 0 Å². The summed E-state index contributed by atoms with van der Waals surface area (Å²) in [5.74, 6) is 0. The highest BCUT2D eigenvalue weighted by molar-refractivity contribution is 7.68. The van der Waals surface area contributed by atoms with Crippen LogP contribution in [-0.4, -0.2) is 72.0 Å². The van der Waals surface area contributed by atoms with Gasteiger partial charge in [0, 0.05) is 70.3 Å². The number of hydrogen-bond acceptors (Lipinski definition) is 2. The normalized spacial score (nSPS) is 5.25. The van der Waals surface area contributed by atoms with Crippen LogP contribution in [0.2, 0.25) is 0 Å². The van der Waals surface area contributed by atoms with Crippen molar-refractivity contribution < 1.29 is 0 Å². The maximum atomic E-state index is 7.32. The zero-order valence-corrected chi connectivity index (χ0v) is 11.6. The minimum atomic E-state index is 1.37. The van der Waals surface area contributed by atoms with Gasteiger partial charge in [-0.15, -0.1) is 0 Å². The molecule has 0 N–H and O–H groups in total. The Kier molecular flexibility index (Phi) is 38.4. The Bertz CT molecular complexity index is 155. The van der Waals surface area contributed by atoms with E-state index in [0.29, 0.717) is 0 Å². The molecular weight excluding hydrogens is 184 g/mol. The van der Waals surface area contributed by atoms with E-state index in [0.717, 1.165) is 0 Å². The molecule has 0 rings (SSSR count). The third kappa shape index (κ3) is 49.5. The maximum absolute atomic E-state index is 7.32. The second-order valence-corrected chi connectivity index (χ2v) is 3.57. The Morgan fingerprint density at radius 2 is 0.875 bits per heavy atom. The summed E-state index contributed by atoms with van der Waals surface area (Å²) in [5.41, 5.74) is 0. The molecule has 16 heavy (non-hydrogen) atoms. The van der Waals surface area contributed by atoms with Crippen molar-refractivity contribution in [1.82, 2.24) is 0 Å². The van der Waals surface area contributed by atoms with Crippen molar-refractivity contribution in [1.29, 1.82) is 10.5 Å². The third-order valence-corrected chi connectivity index (χ3v) is 1.96. The topological polar surface area (TPSA) is 47.6 Å². The van der Waals surface area contributed by atoms with Crippen molar-refractivity contribution >= 4 is 72.0 Å². The Morgan fingerprint density at radius 1 is 0.688 bits per heavy atom. The van der Waals surface area contributed by atoms with Crippen LogP contribution >= 0.6 is 0 Å². The molecule has 0 aliphatic rings. The van der Waals surface area contributed by atoms with Gasteiger partial charge < -0.3 is 0 Å². The van der Waals surface area contributed by atoms with Gasteiger partial charge in [-0.2, -0.15) is 10.5 Å². The predicted molar refractivity (Wildman–Crippen MR) is 96.9 cm³/mol. The predicted octanol–water partition coefficient (Wildman–Crippen LogP) is -5.96. The molecule has 0 heterocycles. The summed E-state index contributed by atoms with van der Waals surface area (Å²) in [6.45, 7) is 2.86. The quantitative estimate of drug-likeness (QED) is 0.305. The van der Waals surface area contributed by atoms with E-state index in [-0.39, 0.29) is 0 Å². The molecule has 0 aliphatic carbocycles. The van der Waals surface area contributed by atoms with E-state index < -0.39 is 0 Å². The SMILES string of the molecule is BBBBBBBBBB.CC#N.CC#N. The van der Waals surface area contributed by atoms with E-state index in [4.69, 9.17) is 10.5 Å². The first kappa shape index (κ1) is 21.0. The highest BCUT2D eigenvalue weighted by Gasteiger charge is 1.96. The zero-order chi connectivity index (χ0) is 13.1. The fourth-order valence-electron chi connectivity index (χ4n) is 1.21. The molecule has 0 aromatic heterocycles. The summed E-state index contributed by atoms with van der Waals surface area (Å²) < 4.78 is 0. The Hall–Kier alpha value is -0.371. The number of hydrogen-bond donors (Lipinski definition) is 0. The van der Waals surface area contributed by atoms with Crippen molar-refractivity contribution in [3.05, 3.63) is 0 Å². The van der Waals surface area contributed by atoms with Crippen LogP contribution < -0.4 is 0 Å². The van der Waals surface area contributed by atoms with Crippen molar-refractivity contribution in [3.63, 3.8) is 0 Å². The number of nitriles is 2. The third-order valence-electron chi connectivity index (χ3n) is 1.96. The van der Waals surface area contributed by atoms with Gasteiger partial charge in [-0.05, 0) is 0 Å². The van der Waals surface area contributed by atoms with Crippen LogP contribution in [0.1, 0.15) is 13.8 Å². The molecule has 0 fully saturated rings. The average Bonchev–Trinajstić information content (AvgIpc) is 2.26. The molecule has 0 aromatic rings. The van der Waals surface area contributed by atoms with Gasteiger partial charge in [0.1, 0.15) is 0 Å². The summed E-state index contributed by atoms with van der Waals surface area (Å²) >= 11 is 0. The fraction of sp³-hybridized carbons (Fsp3) is 0.500.